The third kappa shape index (κ3) is 3.06. The van der Waals surface area contributed by atoms with Crippen LogP contribution in [0.1, 0.15) is 0 Å². The van der Waals surface area contributed by atoms with E-state index < -0.39 is 15.7 Å². The molecular formula is C20H16ClN3O4S. The van der Waals surface area contributed by atoms with Crippen molar-refractivity contribution in [2.24, 2.45) is 0 Å². The fourth-order valence-electron chi connectivity index (χ4n) is 3.20. The van der Waals surface area contributed by atoms with E-state index in [0.29, 0.717) is 21.9 Å². The summed E-state index contributed by atoms with van der Waals surface area (Å²) < 4.78 is 34.2. The number of halogens is 1. The van der Waals surface area contributed by atoms with Gasteiger partial charge in [-0.25, -0.2) is 13.2 Å². The van der Waals surface area contributed by atoms with Gasteiger partial charge in [0.2, 0.25) is 0 Å². The summed E-state index contributed by atoms with van der Waals surface area (Å²) in [4.78, 5) is 13.2. The summed E-state index contributed by atoms with van der Waals surface area (Å²) in [6, 6.07) is 17.5. The number of fused-ring (bicyclic) bond motifs is 1. The second-order valence-corrected chi connectivity index (χ2v) is 8.46. The monoisotopic (exact) mass is 429 g/mol. The average molecular weight is 430 g/mol. The highest BCUT2D eigenvalue weighted by Gasteiger charge is 2.28. The number of para-hydroxylation sites is 1. The predicted molar refractivity (Wildman–Crippen MR) is 113 cm³/mol. The summed E-state index contributed by atoms with van der Waals surface area (Å²) in [5.74, 6) is 0.0477. The van der Waals surface area contributed by atoms with Crippen LogP contribution in [-0.2, 0) is 10.0 Å². The molecule has 0 bridgehead atoms. The van der Waals surface area contributed by atoms with Crippen LogP contribution < -0.4 is 16.2 Å². The van der Waals surface area contributed by atoms with Crippen molar-refractivity contribution in [3.05, 3.63) is 82.2 Å². The molecule has 1 aromatic heterocycles. The van der Waals surface area contributed by atoms with Crippen LogP contribution in [0.3, 0.4) is 0 Å². The van der Waals surface area contributed by atoms with E-state index >= 15 is 0 Å². The Balaban J connectivity index is 2.11. The van der Waals surface area contributed by atoms with Gasteiger partial charge in [-0.05, 0) is 42.5 Å². The van der Waals surface area contributed by atoms with Gasteiger partial charge in [0.15, 0.2) is 0 Å². The van der Waals surface area contributed by atoms with Crippen LogP contribution in [0.25, 0.3) is 16.7 Å². The van der Waals surface area contributed by atoms with Gasteiger partial charge in [-0.1, -0.05) is 29.8 Å². The van der Waals surface area contributed by atoms with Gasteiger partial charge in [-0.2, -0.15) is 3.97 Å². The summed E-state index contributed by atoms with van der Waals surface area (Å²) in [5.41, 5.74) is 6.42. The Morgan fingerprint density at radius 3 is 2.38 bits per heavy atom. The number of hydrogen-bond acceptors (Lipinski definition) is 5. The van der Waals surface area contributed by atoms with Crippen molar-refractivity contribution in [3.63, 3.8) is 0 Å². The number of benzene rings is 3. The smallest absolute Gasteiger partial charge is 0.347 e. The van der Waals surface area contributed by atoms with Gasteiger partial charge in [0.1, 0.15) is 10.6 Å². The SMILES string of the molecule is COc1cc(N)ccc1S(=O)(=O)n1c(=O)n(-c2ccccc2)c2cc(Cl)ccc21. The highest BCUT2D eigenvalue weighted by Crippen LogP contribution is 2.30. The summed E-state index contributed by atoms with van der Waals surface area (Å²) >= 11 is 6.13. The summed E-state index contributed by atoms with van der Waals surface area (Å²) in [7, 11) is -2.96. The van der Waals surface area contributed by atoms with Crippen molar-refractivity contribution in [2.75, 3.05) is 12.8 Å². The lowest BCUT2D eigenvalue weighted by Crippen LogP contribution is -2.29. The van der Waals surface area contributed by atoms with Gasteiger partial charge in [-0.3, -0.25) is 4.57 Å². The number of nitrogens with two attached hydrogens (primary N) is 1. The van der Waals surface area contributed by atoms with Crippen LogP contribution in [-0.4, -0.2) is 24.1 Å². The van der Waals surface area contributed by atoms with Gasteiger partial charge in [-0.15, -0.1) is 0 Å². The first-order valence-corrected chi connectivity index (χ1v) is 10.3. The standard InChI is InChI=1S/C20H16ClN3O4S/c1-28-18-12-14(22)8-10-19(18)29(26,27)24-16-9-7-13(21)11-17(16)23(20(24)25)15-5-3-2-4-6-15/h2-12H,22H2,1H3. The molecule has 9 heteroatoms. The summed E-state index contributed by atoms with van der Waals surface area (Å²) in [6.45, 7) is 0. The fraction of sp³-hybridized carbons (Fsp3) is 0.0500. The van der Waals surface area contributed by atoms with Crippen molar-refractivity contribution in [1.82, 2.24) is 8.54 Å². The minimum atomic E-state index is -4.30. The molecular weight excluding hydrogens is 414 g/mol. The van der Waals surface area contributed by atoms with Crippen molar-refractivity contribution >= 4 is 38.3 Å². The molecule has 7 nitrogen and oxygen atoms in total. The molecule has 1 heterocycles. The fourth-order valence-corrected chi connectivity index (χ4v) is 4.90. The maximum atomic E-state index is 13.5. The number of methoxy groups -OCH3 is 1. The predicted octanol–water partition coefficient (Wildman–Crippen LogP) is 3.27. The number of anilines is 1. The first-order valence-electron chi connectivity index (χ1n) is 8.52. The molecule has 0 fully saturated rings. The molecule has 0 atom stereocenters. The number of ether oxygens (including phenoxy) is 1. The number of nitrogens with zero attached hydrogens (tertiary/aromatic N) is 2. The molecule has 29 heavy (non-hydrogen) atoms. The molecule has 0 unspecified atom stereocenters. The Bertz CT molecular complexity index is 1390. The topological polar surface area (TPSA) is 96.3 Å². The van der Waals surface area contributed by atoms with Crippen molar-refractivity contribution < 1.29 is 13.2 Å². The van der Waals surface area contributed by atoms with E-state index in [-0.39, 0.29) is 16.2 Å². The Kier molecular flexibility index (Phi) is 4.60. The van der Waals surface area contributed by atoms with Crippen molar-refractivity contribution in [2.45, 2.75) is 4.90 Å². The zero-order valence-electron chi connectivity index (χ0n) is 15.2. The highest BCUT2D eigenvalue weighted by atomic mass is 35.5. The first-order chi connectivity index (χ1) is 13.8. The van der Waals surface area contributed by atoms with Gasteiger partial charge < -0.3 is 10.5 Å². The van der Waals surface area contributed by atoms with Crippen LogP contribution in [0.5, 0.6) is 5.75 Å². The number of imidazole rings is 1. The van der Waals surface area contributed by atoms with E-state index in [2.05, 4.69) is 0 Å². The normalized spacial score (nSPS) is 11.7. The van der Waals surface area contributed by atoms with Crippen LogP contribution >= 0.6 is 11.6 Å². The minimum absolute atomic E-state index is 0.0477. The molecule has 4 rings (SSSR count). The lowest BCUT2D eigenvalue weighted by atomic mass is 10.3. The van der Waals surface area contributed by atoms with Gasteiger partial charge in [0.25, 0.3) is 10.0 Å². The highest BCUT2D eigenvalue weighted by molar-refractivity contribution is 7.90. The third-order valence-electron chi connectivity index (χ3n) is 4.48. The number of rotatable bonds is 4. The second kappa shape index (κ2) is 6.98. The Morgan fingerprint density at radius 2 is 1.69 bits per heavy atom. The maximum Gasteiger partial charge on any atom is 0.347 e. The lowest BCUT2D eigenvalue weighted by molar-refractivity contribution is 0.402. The molecule has 2 N–H and O–H groups in total. The van der Waals surface area contributed by atoms with E-state index in [4.69, 9.17) is 22.1 Å². The van der Waals surface area contributed by atoms with Crippen LogP contribution in [0.2, 0.25) is 5.02 Å². The molecule has 0 saturated heterocycles. The Labute approximate surface area is 171 Å². The van der Waals surface area contributed by atoms with Gasteiger partial charge >= 0.3 is 5.69 Å². The first kappa shape index (κ1) is 19.1. The molecule has 0 radical (unpaired) electrons. The molecule has 3 aromatic carbocycles. The van der Waals surface area contributed by atoms with Crippen LogP contribution in [0.4, 0.5) is 5.69 Å². The molecule has 4 aromatic rings. The largest absolute Gasteiger partial charge is 0.495 e. The number of nitrogen functional groups attached to an aromatic ring is 1. The summed E-state index contributed by atoms with van der Waals surface area (Å²) in [5, 5.41) is 0.377. The van der Waals surface area contributed by atoms with E-state index in [1.807, 2.05) is 0 Å². The average Bonchev–Trinajstić information content (AvgIpc) is 2.99. The lowest BCUT2D eigenvalue weighted by Gasteiger charge is -2.11. The van der Waals surface area contributed by atoms with Crippen LogP contribution in [0, 0.1) is 0 Å². The van der Waals surface area contributed by atoms with E-state index in [1.165, 1.54) is 42.0 Å². The quantitative estimate of drug-likeness (QED) is 0.502. The molecule has 0 spiro atoms. The second-order valence-electron chi connectivity index (χ2n) is 6.27. The zero-order valence-corrected chi connectivity index (χ0v) is 16.8. The van der Waals surface area contributed by atoms with Crippen LogP contribution in [0.15, 0.2) is 76.4 Å². The Morgan fingerprint density at radius 1 is 0.966 bits per heavy atom. The number of aromatic nitrogens is 2. The number of hydrogen-bond donors (Lipinski definition) is 1. The molecule has 0 amide bonds. The van der Waals surface area contributed by atoms with E-state index in [9.17, 15) is 13.2 Å². The Hall–Kier alpha value is -3.23. The molecule has 148 valence electrons. The zero-order chi connectivity index (χ0) is 20.8. The van der Waals surface area contributed by atoms with E-state index in [0.717, 1.165) is 3.97 Å². The van der Waals surface area contributed by atoms with E-state index in [1.54, 1.807) is 36.4 Å². The molecule has 0 aliphatic carbocycles. The third-order valence-corrected chi connectivity index (χ3v) is 6.44. The molecule has 0 saturated carbocycles. The van der Waals surface area contributed by atoms with Gasteiger partial charge in [0.05, 0.1) is 23.8 Å². The van der Waals surface area contributed by atoms with Gasteiger partial charge in [0, 0.05) is 16.8 Å². The maximum absolute atomic E-state index is 13.5. The van der Waals surface area contributed by atoms with Crippen molar-refractivity contribution in [3.8, 4) is 11.4 Å². The molecule has 0 aliphatic rings. The molecule has 0 aliphatic heterocycles. The minimum Gasteiger partial charge on any atom is -0.495 e. The summed E-state index contributed by atoms with van der Waals surface area (Å²) in [6.07, 6.45) is 0. The van der Waals surface area contributed by atoms with Crippen molar-refractivity contribution in [1.29, 1.82) is 0 Å².